The Bertz CT molecular complexity index is 491. The molecule has 0 N–H and O–H groups in total. The van der Waals surface area contributed by atoms with Crippen LogP contribution in [0.2, 0.25) is 0 Å². The Labute approximate surface area is 93.0 Å². The molecule has 0 unspecified atom stereocenters. The molecule has 16 heavy (non-hydrogen) atoms. The van der Waals surface area contributed by atoms with E-state index in [0.717, 1.165) is 37.0 Å². The molecule has 0 aromatic carbocycles. The van der Waals surface area contributed by atoms with Gasteiger partial charge in [0.1, 0.15) is 17.8 Å². The minimum atomic E-state index is 0.832. The molecule has 0 saturated carbocycles. The van der Waals surface area contributed by atoms with Crippen LogP contribution < -0.4 is 0 Å². The molecule has 6 nitrogen and oxygen atoms in total. The highest BCUT2D eigenvalue weighted by Gasteiger charge is 2.19. The van der Waals surface area contributed by atoms with Crippen molar-refractivity contribution in [2.75, 3.05) is 13.6 Å². The highest BCUT2D eigenvalue weighted by molar-refractivity contribution is 5.48. The maximum atomic E-state index is 4.20. The summed E-state index contributed by atoms with van der Waals surface area (Å²) in [5.74, 6) is 1.84. The number of aromatic nitrogens is 5. The van der Waals surface area contributed by atoms with Crippen molar-refractivity contribution in [3.8, 4) is 11.5 Å². The molecule has 0 atom stereocenters. The van der Waals surface area contributed by atoms with E-state index in [0.29, 0.717) is 0 Å². The van der Waals surface area contributed by atoms with Gasteiger partial charge in [0.05, 0.1) is 6.54 Å². The van der Waals surface area contributed by atoms with E-state index in [1.807, 2.05) is 6.07 Å². The first-order valence-electron chi connectivity index (χ1n) is 5.21. The Hall–Kier alpha value is -1.82. The van der Waals surface area contributed by atoms with E-state index >= 15 is 0 Å². The van der Waals surface area contributed by atoms with E-state index in [2.05, 4.69) is 36.7 Å². The molecule has 3 heterocycles. The van der Waals surface area contributed by atoms with Crippen LogP contribution in [-0.2, 0) is 13.1 Å². The lowest BCUT2D eigenvalue weighted by Gasteiger charge is -2.23. The van der Waals surface area contributed by atoms with Gasteiger partial charge < -0.3 is 4.57 Å². The number of likely N-dealkylation sites (N-methyl/N-ethyl adjacent to an activating group) is 1. The van der Waals surface area contributed by atoms with Gasteiger partial charge in [-0.3, -0.25) is 4.90 Å². The fourth-order valence-electron chi connectivity index (χ4n) is 1.89. The molecule has 1 aliphatic rings. The van der Waals surface area contributed by atoms with Gasteiger partial charge >= 0.3 is 0 Å². The van der Waals surface area contributed by atoms with Gasteiger partial charge in [-0.1, -0.05) is 0 Å². The summed E-state index contributed by atoms with van der Waals surface area (Å²) in [6.45, 7) is 2.78. The zero-order chi connectivity index (χ0) is 11.0. The third-order valence-corrected chi connectivity index (χ3v) is 2.76. The predicted octanol–water partition coefficient (Wildman–Crippen LogP) is 0.181. The van der Waals surface area contributed by atoms with E-state index in [1.165, 1.54) is 6.33 Å². The largest absolute Gasteiger partial charge is 0.307 e. The van der Waals surface area contributed by atoms with Gasteiger partial charge in [-0.2, -0.15) is 0 Å². The lowest BCUT2D eigenvalue weighted by atomic mass is 10.3. The number of fused-ring (bicyclic) bond motifs is 1. The van der Waals surface area contributed by atoms with Crippen molar-refractivity contribution in [1.82, 2.24) is 29.6 Å². The van der Waals surface area contributed by atoms with Crippen LogP contribution >= 0.6 is 0 Å². The van der Waals surface area contributed by atoms with Gasteiger partial charge in [-0.15, -0.1) is 10.2 Å². The Morgan fingerprint density at radius 1 is 1.25 bits per heavy atom. The highest BCUT2D eigenvalue weighted by Crippen LogP contribution is 2.18. The Morgan fingerprint density at radius 2 is 2.19 bits per heavy atom. The molecule has 0 fully saturated rings. The smallest absolute Gasteiger partial charge is 0.182 e. The predicted molar refractivity (Wildman–Crippen MR) is 57.4 cm³/mol. The van der Waals surface area contributed by atoms with Crippen LogP contribution in [-0.4, -0.2) is 43.2 Å². The molecule has 82 valence electrons. The maximum absolute atomic E-state index is 4.20. The minimum absolute atomic E-state index is 0.832. The summed E-state index contributed by atoms with van der Waals surface area (Å²) in [4.78, 5) is 10.3. The van der Waals surface area contributed by atoms with Crippen molar-refractivity contribution in [2.24, 2.45) is 0 Å². The zero-order valence-corrected chi connectivity index (χ0v) is 9.04. The second-order valence-electron chi connectivity index (χ2n) is 3.92. The van der Waals surface area contributed by atoms with Crippen molar-refractivity contribution in [3.63, 3.8) is 0 Å². The van der Waals surface area contributed by atoms with Crippen LogP contribution in [0.4, 0.5) is 0 Å². The molecule has 6 heteroatoms. The second-order valence-corrected chi connectivity index (χ2v) is 3.92. The standard InChI is InChI=1S/C10H12N6/c1-15-4-5-16-9(6-15)13-14-10(16)8-2-3-11-7-12-8/h2-3,7H,4-6H2,1H3. The van der Waals surface area contributed by atoms with E-state index in [4.69, 9.17) is 0 Å². The summed E-state index contributed by atoms with van der Waals surface area (Å²) in [6, 6.07) is 1.86. The SMILES string of the molecule is CN1CCn2c(nnc2-c2ccncn2)C1. The number of rotatable bonds is 1. The molecule has 2 aromatic rings. The van der Waals surface area contributed by atoms with Crippen LogP contribution in [0.1, 0.15) is 5.82 Å². The highest BCUT2D eigenvalue weighted by atomic mass is 15.3. The van der Waals surface area contributed by atoms with Gasteiger partial charge in [0.25, 0.3) is 0 Å². The fourth-order valence-corrected chi connectivity index (χ4v) is 1.89. The van der Waals surface area contributed by atoms with Crippen molar-refractivity contribution < 1.29 is 0 Å². The topological polar surface area (TPSA) is 59.7 Å². The van der Waals surface area contributed by atoms with E-state index < -0.39 is 0 Å². The summed E-state index contributed by atoms with van der Waals surface area (Å²) >= 11 is 0. The van der Waals surface area contributed by atoms with Crippen LogP contribution in [0.5, 0.6) is 0 Å². The average molecular weight is 216 g/mol. The normalized spacial score (nSPS) is 16.1. The molecule has 0 aliphatic carbocycles. The quantitative estimate of drug-likeness (QED) is 0.680. The first-order valence-corrected chi connectivity index (χ1v) is 5.21. The lowest BCUT2D eigenvalue weighted by Crippen LogP contribution is -2.30. The van der Waals surface area contributed by atoms with Gasteiger partial charge in [-0.05, 0) is 13.1 Å². The van der Waals surface area contributed by atoms with Crippen molar-refractivity contribution in [3.05, 3.63) is 24.4 Å². The number of nitrogens with zero attached hydrogens (tertiary/aromatic N) is 6. The van der Waals surface area contributed by atoms with Crippen molar-refractivity contribution in [1.29, 1.82) is 0 Å². The Kier molecular flexibility index (Phi) is 2.14. The molecule has 0 radical (unpaired) electrons. The third kappa shape index (κ3) is 1.47. The van der Waals surface area contributed by atoms with Crippen LogP contribution in [0.3, 0.4) is 0 Å². The Balaban J connectivity index is 2.04. The monoisotopic (exact) mass is 216 g/mol. The van der Waals surface area contributed by atoms with Gasteiger partial charge in [-0.25, -0.2) is 9.97 Å². The summed E-state index contributed by atoms with van der Waals surface area (Å²) in [5.41, 5.74) is 0.832. The summed E-state index contributed by atoms with van der Waals surface area (Å²) < 4.78 is 2.13. The summed E-state index contributed by atoms with van der Waals surface area (Å²) in [6.07, 6.45) is 3.25. The molecular formula is C10H12N6. The summed E-state index contributed by atoms with van der Waals surface area (Å²) in [7, 11) is 2.09. The minimum Gasteiger partial charge on any atom is -0.307 e. The van der Waals surface area contributed by atoms with E-state index in [-0.39, 0.29) is 0 Å². The zero-order valence-electron chi connectivity index (χ0n) is 9.04. The summed E-state index contributed by atoms with van der Waals surface area (Å²) in [5, 5.41) is 8.39. The average Bonchev–Trinajstić information content (AvgIpc) is 2.73. The molecule has 1 aliphatic heterocycles. The van der Waals surface area contributed by atoms with Crippen LogP contribution in [0.25, 0.3) is 11.5 Å². The molecular weight excluding hydrogens is 204 g/mol. The molecule has 0 spiro atoms. The van der Waals surface area contributed by atoms with E-state index in [9.17, 15) is 0 Å². The third-order valence-electron chi connectivity index (χ3n) is 2.76. The molecule has 0 saturated heterocycles. The second kappa shape index (κ2) is 3.64. The van der Waals surface area contributed by atoms with Crippen LogP contribution in [0.15, 0.2) is 18.6 Å². The van der Waals surface area contributed by atoms with Gasteiger partial charge in [0.15, 0.2) is 5.82 Å². The maximum Gasteiger partial charge on any atom is 0.182 e. The first kappa shape index (κ1) is 9.41. The van der Waals surface area contributed by atoms with Gasteiger partial charge in [0, 0.05) is 19.3 Å². The molecule has 0 amide bonds. The van der Waals surface area contributed by atoms with E-state index in [1.54, 1.807) is 6.20 Å². The van der Waals surface area contributed by atoms with Crippen molar-refractivity contribution >= 4 is 0 Å². The molecule has 0 bridgehead atoms. The Morgan fingerprint density at radius 3 is 3.00 bits per heavy atom. The fraction of sp³-hybridized carbons (Fsp3) is 0.400. The molecule has 3 rings (SSSR count). The van der Waals surface area contributed by atoms with Crippen LogP contribution in [0, 0.1) is 0 Å². The van der Waals surface area contributed by atoms with Gasteiger partial charge in [0.2, 0.25) is 0 Å². The number of hydrogen-bond acceptors (Lipinski definition) is 5. The lowest BCUT2D eigenvalue weighted by molar-refractivity contribution is 0.265. The first-order chi connectivity index (χ1) is 7.84. The van der Waals surface area contributed by atoms with Crippen molar-refractivity contribution in [2.45, 2.75) is 13.1 Å². The number of hydrogen-bond donors (Lipinski definition) is 0. The molecule has 2 aromatic heterocycles.